The zero-order valence-corrected chi connectivity index (χ0v) is 19.0. The van der Waals surface area contributed by atoms with Crippen LogP contribution in [0, 0.1) is 25.2 Å². The van der Waals surface area contributed by atoms with Crippen molar-refractivity contribution < 1.29 is 4.79 Å². The van der Waals surface area contributed by atoms with E-state index in [4.69, 9.17) is 0 Å². The van der Waals surface area contributed by atoms with Crippen molar-refractivity contribution in [1.82, 2.24) is 4.98 Å². The number of pyridine rings is 1. The zero-order valence-electron chi connectivity index (χ0n) is 19.0. The van der Waals surface area contributed by atoms with Crippen molar-refractivity contribution in [2.24, 2.45) is 0 Å². The number of anilines is 1. The Hall–Kier alpha value is -4.23. The molecule has 1 N–H and O–H groups in total. The number of hydrogen-bond donors (Lipinski definition) is 1. The number of amides is 1. The second-order valence-electron chi connectivity index (χ2n) is 8.26. The topological polar surface area (TPSA) is 65.8 Å². The Bertz CT molecular complexity index is 1350. The molecule has 33 heavy (non-hydrogen) atoms. The lowest BCUT2D eigenvalue weighted by Crippen LogP contribution is -2.19. The number of carbonyl (C=O) groups is 1. The van der Waals surface area contributed by atoms with Crippen LogP contribution in [0.5, 0.6) is 0 Å². The van der Waals surface area contributed by atoms with E-state index in [-0.39, 0.29) is 11.8 Å². The van der Waals surface area contributed by atoms with E-state index in [0.717, 1.165) is 44.8 Å². The van der Waals surface area contributed by atoms with E-state index in [0.29, 0.717) is 5.56 Å². The minimum absolute atomic E-state index is 0.0763. The molecular formula is C29H25N3O. The number of aryl methyl sites for hydroxylation is 2. The van der Waals surface area contributed by atoms with E-state index < -0.39 is 0 Å². The Balaban J connectivity index is 1.54. The molecule has 4 rings (SSSR count). The lowest BCUT2D eigenvalue weighted by atomic mass is 9.92. The largest absolute Gasteiger partial charge is 0.326 e. The van der Waals surface area contributed by atoms with Gasteiger partial charge in [0.05, 0.1) is 17.6 Å². The first-order chi connectivity index (χ1) is 15.9. The Morgan fingerprint density at radius 1 is 0.909 bits per heavy atom. The fourth-order valence-corrected chi connectivity index (χ4v) is 3.92. The molecule has 162 valence electrons. The molecule has 0 fully saturated rings. The molecule has 0 aliphatic heterocycles. The van der Waals surface area contributed by atoms with Gasteiger partial charge in [0.1, 0.15) is 0 Å². The van der Waals surface area contributed by atoms with Gasteiger partial charge in [-0.15, -0.1) is 0 Å². The third kappa shape index (κ3) is 4.99. The van der Waals surface area contributed by atoms with Gasteiger partial charge in [-0.3, -0.25) is 9.78 Å². The molecule has 0 bridgehead atoms. The fourth-order valence-electron chi connectivity index (χ4n) is 3.92. The summed E-state index contributed by atoms with van der Waals surface area (Å²) < 4.78 is 0. The number of nitrogens with zero attached hydrogens (tertiary/aromatic N) is 2. The molecular weight excluding hydrogens is 406 g/mol. The van der Waals surface area contributed by atoms with Gasteiger partial charge in [-0.1, -0.05) is 54.1 Å². The van der Waals surface area contributed by atoms with Crippen LogP contribution in [0.2, 0.25) is 0 Å². The van der Waals surface area contributed by atoms with Crippen molar-refractivity contribution in [3.63, 3.8) is 0 Å². The van der Waals surface area contributed by atoms with Crippen LogP contribution >= 0.6 is 0 Å². The standard InChI is InChI=1S/C29H25N3O/c1-19-14-25(17-26(15-19)28-7-5-4-6-24(28)18-30)21(3)29(33)32-27-10-8-22(9-11-27)23-12-13-31-20(2)16-23/h4-17,21H,1-3H3,(H,32,33). The van der Waals surface area contributed by atoms with E-state index in [9.17, 15) is 10.1 Å². The van der Waals surface area contributed by atoms with Crippen LogP contribution in [0.25, 0.3) is 22.3 Å². The van der Waals surface area contributed by atoms with Gasteiger partial charge in [-0.2, -0.15) is 5.26 Å². The second-order valence-corrected chi connectivity index (χ2v) is 8.26. The molecule has 0 aliphatic rings. The number of nitriles is 1. The Morgan fingerprint density at radius 3 is 2.39 bits per heavy atom. The van der Waals surface area contributed by atoms with E-state index >= 15 is 0 Å². The zero-order chi connectivity index (χ0) is 23.4. The van der Waals surface area contributed by atoms with Crippen LogP contribution in [0.15, 0.2) is 85.1 Å². The summed E-state index contributed by atoms with van der Waals surface area (Å²) in [5.41, 5.74) is 8.29. The summed E-state index contributed by atoms with van der Waals surface area (Å²) in [6.45, 7) is 5.87. The molecule has 0 saturated heterocycles. The average molecular weight is 432 g/mol. The third-order valence-electron chi connectivity index (χ3n) is 5.73. The fraction of sp³-hybridized carbons (Fsp3) is 0.138. The number of rotatable bonds is 5. The number of hydrogen-bond acceptors (Lipinski definition) is 3. The lowest BCUT2D eigenvalue weighted by Gasteiger charge is -2.16. The molecule has 1 unspecified atom stereocenters. The van der Waals surface area contributed by atoms with Crippen LogP contribution in [0.1, 0.15) is 35.2 Å². The smallest absolute Gasteiger partial charge is 0.231 e. The second kappa shape index (κ2) is 9.50. The molecule has 4 nitrogen and oxygen atoms in total. The monoisotopic (exact) mass is 431 g/mol. The number of aromatic nitrogens is 1. The van der Waals surface area contributed by atoms with Gasteiger partial charge in [0, 0.05) is 17.6 Å². The molecule has 3 aromatic carbocycles. The summed E-state index contributed by atoms with van der Waals surface area (Å²) >= 11 is 0. The number of benzene rings is 3. The molecule has 0 spiro atoms. The molecule has 1 aromatic heterocycles. The highest BCUT2D eigenvalue weighted by molar-refractivity contribution is 5.96. The first kappa shape index (κ1) is 22.0. The first-order valence-electron chi connectivity index (χ1n) is 10.9. The number of carbonyl (C=O) groups excluding carboxylic acids is 1. The maximum Gasteiger partial charge on any atom is 0.231 e. The van der Waals surface area contributed by atoms with Crippen molar-refractivity contribution in [2.45, 2.75) is 26.7 Å². The van der Waals surface area contributed by atoms with Gasteiger partial charge in [0.15, 0.2) is 0 Å². The maximum atomic E-state index is 13.0. The molecule has 0 aliphatic carbocycles. The molecule has 1 heterocycles. The summed E-state index contributed by atoms with van der Waals surface area (Å²) in [5.74, 6) is -0.423. The minimum atomic E-state index is -0.347. The van der Waals surface area contributed by atoms with Gasteiger partial charge >= 0.3 is 0 Å². The summed E-state index contributed by atoms with van der Waals surface area (Å²) in [4.78, 5) is 17.3. The predicted octanol–water partition coefficient (Wildman–Crippen LogP) is 6.65. The van der Waals surface area contributed by atoms with E-state index in [2.05, 4.69) is 16.4 Å². The summed E-state index contributed by atoms with van der Waals surface area (Å²) in [6.07, 6.45) is 1.80. The summed E-state index contributed by atoms with van der Waals surface area (Å²) in [6, 6.07) is 27.7. The van der Waals surface area contributed by atoms with Crippen molar-refractivity contribution in [1.29, 1.82) is 5.26 Å². The quantitative estimate of drug-likeness (QED) is 0.385. The van der Waals surface area contributed by atoms with Crippen LogP contribution in [-0.2, 0) is 4.79 Å². The van der Waals surface area contributed by atoms with E-state index in [1.54, 1.807) is 6.20 Å². The Kier molecular flexibility index (Phi) is 6.33. The van der Waals surface area contributed by atoms with Gasteiger partial charge in [0.2, 0.25) is 5.91 Å². The maximum absolute atomic E-state index is 13.0. The summed E-state index contributed by atoms with van der Waals surface area (Å²) in [7, 11) is 0. The highest BCUT2D eigenvalue weighted by Crippen LogP contribution is 2.29. The Labute approximate surface area is 194 Å². The van der Waals surface area contributed by atoms with Crippen molar-refractivity contribution in [2.75, 3.05) is 5.32 Å². The van der Waals surface area contributed by atoms with E-state index in [1.165, 1.54) is 0 Å². The van der Waals surface area contributed by atoms with Crippen molar-refractivity contribution in [3.8, 4) is 28.3 Å². The highest BCUT2D eigenvalue weighted by Gasteiger charge is 2.17. The molecule has 0 radical (unpaired) electrons. The minimum Gasteiger partial charge on any atom is -0.326 e. The molecule has 4 heteroatoms. The van der Waals surface area contributed by atoms with Crippen LogP contribution < -0.4 is 5.32 Å². The first-order valence-corrected chi connectivity index (χ1v) is 10.9. The molecule has 1 atom stereocenters. The van der Waals surface area contributed by atoms with Gasteiger partial charge in [0.25, 0.3) is 0 Å². The average Bonchev–Trinajstić information content (AvgIpc) is 2.83. The Morgan fingerprint density at radius 2 is 1.67 bits per heavy atom. The van der Waals surface area contributed by atoms with Crippen LogP contribution in [0.3, 0.4) is 0 Å². The van der Waals surface area contributed by atoms with E-state index in [1.807, 2.05) is 99.6 Å². The molecule has 1 amide bonds. The van der Waals surface area contributed by atoms with Crippen molar-refractivity contribution >= 4 is 11.6 Å². The van der Waals surface area contributed by atoms with Crippen LogP contribution in [-0.4, -0.2) is 10.9 Å². The number of nitrogens with one attached hydrogen (secondary N) is 1. The molecule has 0 saturated carbocycles. The predicted molar refractivity (Wildman–Crippen MR) is 133 cm³/mol. The normalized spacial score (nSPS) is 11.5. The van der Waals surface area contributed by atoms with Gasteiger partial charge < -0.3 is 5.32 Å². The lowest BCUT2D eigenvalue weighted by molar-refractivity contribution is -0.117. The van der Waals surface area contributed by atoms with Gasteiger partial charge in [-0.05, 0) is 78.9 Å². The highest BCUT2D eigenvalue weighted by atomic mass is 16.1. The van der Waals surface area contributed by atoms with Crippen LogP contribution in [0.4, 0.5) is 5.69 Å². The summed E-state index contributed by atoms with van der Waals surface area (Å²) in [5, 5.41) is 12.5. The van der Waals surface area contributed by atoms with Gasteiger partial charge in [-0.25, -0.2) is 0 Å². The SMILES string of the molecule is Cc1cc(-c2ccccc2C#N)cc(C(C)C(=O)Nc2ccc(-c3ccnc(C)c3)cc2)c1. The van der Waals surface area contributed by atoms with Crippen molar-refractivity contribution in [3.05, 3.63) is 107 Å². The third-order valence-corrected chi connectivity index (χ3v) is 5.73. The molecule has 4 aromatic rings.